The van der Waals surface area contributed by atoms with Crippen LogP contribution in [0.25, 0.3) is 0 Å². The zero-order valence-corrected chi connectivity index (χ0v) is 10.5. The first-order valence-electron chi connectivity index (χ1n) is 6.01. The smallest absolute Gasteiger partial charge is 0.253 e. The second-order valence-electron chi connectivity index (χ2n) is 4.44. The number of hydrogen-bond donors (Lipinski definition) is 1. The lowest BCUT2D eigenvalue weighted by Crippen LogP contribution is -2.50. The van der Waals surface area contributed by atoms with Gasteiger partial charge in [0.1, 0.15) is 6.10 Å². The normalized spacial score (nSPS) is 24.5. The van der Waals surface area contributed by atoms with E-state index in [-0.39, 0.29) is 12.0 Å². The van der Waals surface area contributed by atoms with Gasteiger partial charge in [-0.05, 0) is 23.4 Å². The molecule has 1 aromatic rings. The van der Waals surface area contributed by atoms with Crippen LogP contribution >= 0.6 is 11.3 Å². The van der Waals surface area contributed by atoms with Crippen molar-refractivity contribution < 1.29 is 9.53 Å². The fourth-order valence-corrected chi connectivity index (χ4v) is 3.25. The number of hydrogen-bond acceptors (Lipinski definition) is 4. The van der Waals surface area contributed by atoms with Gasteiger partial charge in [-0.25, -0.2) is 0 Å². The molecule has 0 bridgehead atoms. The number of nitrogens with one attached hydrogen (secondary N) is 1. The number of carbonyl (C=O) groups excluding carboxylic acids is 1. The number of ether oxygens (including phenoxy) is 1. The number of thiophene rings is 1. The summed E-state index contributed by atoms with van der Waals surface area (Å²) in [4.78, 5) is 15.6. The molecule has 0 aliphatic carbocycles. The molecule has 92 valence electrons. The third-order valence-corrected chi connectivity index (χ3v) is 4.35. The van der Waals surface area contributed by atoms with Gasteiger partial charge in [-0.2, -0.15) is 0 Å². The predicted octanol–water partition coefficient (Wildman–Crippen LogP) is 0.621. The van der Waals surface area contributed by atoms with Gasteiger partial charge < -0.3 is 15.0 Å². The summed E-state index contributed by atoms with van der Waals surface area (Å²) in [5.74, 6) is 0.133. The topological polar surface area (TPSA) is 41.6 Å². The summed E-state index contributed by atoms with van der Waals surface area (Å²) in [7, 11) is 0. The Kier molecular flexibility index (Phi) is 3.13. The van der Waals surface area contributed by atoms with Crippen LogP contribution < -0.4 is 5.32 Å². The molecule has 1 saturated heterocycles. The molecule has 0 aromatic carbocycles. The summed E-state index contributed by atoms with van der Waals surface area (Å²) < 4.78 is 5.51. The van der Waals surface area contributed by atoms with Gasteiger partial charge in [0.05, 0.1) is 6.61 Å². The third-order valence-electron chi connectivity index (χ3n) is 3.32. The number of fused-ring (bicyclic) bond motifs is 1. The molecule has 2 aliphatic heterocycles. The largest absolute Gasteiger partial charge is 0.366 e. The molecule has 3 heterocycles. The van der Waals surface area contributed by atoms with Gasteiger partial charge in [-0.3, -0.25) is 4.79 Å². The number of nitrogens with zero attached hydrogens (tertiary/aromatic N) is 1. The number of carbonyl (C=O) groups is 1. The third kappa shape index (κ3) is 2.22. The number of amides is 1. The maximum atomic E-state index is 12.2. The van der Waals surface area contributed by atoms with Gasteiger partial charge in [0.15, 0.2) is 0 Å². The van der Waals surface area contributed by atoms with Gasteiger partial charge in [0.25, 0.3) is 5.91 Å². The minimum Gasteiger partial charge on any atom is -0.366 e. The highest BCUT2D eigenvalue weighted by Crippen LogP contribution is 2.24. The Morgan fingerprint density at radius 2 is 2.53 bits per heavy atom. The van der Waals surface area contributed by atoms with Crippen molar-refractivity contribution >= 4 is 17.2 Å². The van der Waals surface area contributed by atoms with Gasteiger partial charge in [-0.1, -0.05) is 0 Å². The van der Waals surface area contributed by atoms with Crippen LogP contribution in [0.2, 0.25) is 0 Å². The highest BCUT2D eigenvalue weighted by atomic mass is 32.1. The van der Waals surface area contributed by atoms with Gasteiger partial charge in [-0.15, -0.1) is 11.3 Å². The van der Waals surface area contributed by atoms with Crippen LogP contribution in [0.5, 0.6) is 0 Å². The van der Waals surface area contributed by atoms with Crippen molar-refractivity contribution in [3.63, 3.8) is 0 Å². The van der Waals surface area contributed by atoms with Crippen LogP contribution in [-0.4, -0.2) is 43.2 Å². The van der Waals surface area contributed by atoms with E-state index >= 15 is 0 Å². The van der Waals surface area contributed by atoms with E-state index in [1.807, 2.05) is 4.90 Å². The van der Waals surface area contributed by atoms with Gasteiger partial charge in [0, 0.05) is 31.1 Å². The minimum absolute atomic E-state index is 0.133. The first-order valence-corrected chi connectivity index (χ1v) is 6.89. The van der Waals surface area contributed by atoms with Crippen LogP contribution in [0.1, 0.15) is 10.4 Å². The molecule has 0 saturated carbocycles. The molecular weight excluding hydrogens is 236 g/mol. The van der Waals surface area contributed by atoms with Crippen LogP contribution in [0.4, 0.5) is 0 Å². The second-order valence-corrected chi connectivity index (χ2v) is 5.44. The molecule has 1 unspecified atom stereocenters. The monoisotopic (exact) mass is 252 g/mol. The number of morpholine rings is 1. The Morgan fingerprint density at radius 1 is 1.59 bits per heavy atom. The maximum Gasteiger partial charge on any atom is 0.253 e. The molecule has 1 N–H and O–H groups in total. The molecule has 5 heteroatoms. The Balaban J connectivity index is 1.67. The quantitative estimate of drug-likeness (QED) is 0.797. The van der Waals surface area contributed by atoms with Crippen LogP contribution in [-0.2, 0) is 22.5 Å². The van der Waals surface area contributed by atoms with Crippen molar-refractivity contribution in [2.45, 2.75) is 19.1 Å². The summed E-state index contributed by atoms with van der Waals surface area (Å²) in [6.07, 6.45) is 0.697. The predicted molar refractivity (Wildman–Crippen MR) is 66.0 cm³/mol. The molecule has 0 spiro atoms. The summed E-state index contributed by atoms with van der Waals surface area (Å²) in [6.45, 7) is 3.70. The van der Waals surface area contributed by atoms with Crippen LogP contribution in [0.15, 0.2) is 11.4 Å². The maximum absolute atomic E-state index is 12.2. The van der Waals surface area contributed by atoms with Gasteiger partial charge in [0.2, 0.25) is 0 Å². The van der Waals surface area contributed by atoms with Crippen LogP contribution in [0, 0.1) is 0 Å². The van der Waals surface area contributed by atoms with E-state index in [2.05, 4.69) is 16.8 Å². The van der Waals surface area contributed by atoms with E-state index < -0.39 is 0 Å². The standard InChI is InChI=1S/C12H16N2O2S/c15-12(10-7-13-3-5-16-10)14-4-1-11-9(8-14)2-6-17-11/h2,6,10,13H,1,3-5,7-8H2. The summed E-state index contributed by atoms with van der Waals surface area (Å²) in [5, 5.41) is 5.31. The SMILES string of the molecule is O=C(C1CNCCO1)N1CCc2sccc2C1. The lowest BCUT2D eigenvalue weighted by atomic mass is 10.1. The first kappa shape index (κ1) is 11.2. The fourth-order valence-electron chi connectivity index (χ4n) is 2.36. The van der Waals surface area contributed by atoms with E-state index in [9.17, 15) is 4.79 Å². The Morgan fingerprint density at radius 3 is 3.35 bits per heavy atom. The highest BCUT2D eigenvalue weighted by molar-refractivity contribution is 7.10. The Hall–Kier alpha value is -0.910. The summed E-state index contributed by atoms with van der Waals surface area (Å²) in [6, 6.07) is 2.12. The molecular formula is C12H16N2O2S. The zero-order valence-electron chi connectivity index (χ0n) is 9.65. The van der Waals surface area contributed by atoms with Crippen molar-refractivity contribution in [3.05, 3.63) is 21.9 Å². The molecule has 17 heavy (non-hydrogen) atoms. The van der Waals surface area contributed by atoms with Crippen molar-refractivity contribution in [1.29, 1.82) is 0 Å². The summed E-state index contributed by atoms with van der Waals surface area (Å²) >= 11 is 1.79. The van der Waals surface area contributed by atoms with Crippen molar-refractivity contribution in [3.8, 4) is 0 Å². The molecule has 3 rings (SSSR count). The Labute approximate surface area is 105 Å². The van der Waals surface area contributed by atoms with Crippen molar-refractivity contribution in [1.82, 2.24) is 10.2 Å². The average Bonchev–Trinajstić information content (AvgIpc) is 2.86. The molecule has 4 nitrogen and oxygen atoms in total. The van der Waals surface area contributed by atoms with E-state index in [1.54, 1.807) is 11.3 Å². The average molecular weight is 252 g/mol. The van der Waals surface area contributed by atoms with Gasteiger partial charge >= 0.3 is 0 Å². The highest BCUT2D eigenvalue weighted by Gasteiger charge is 2.29. The molecule has 0 radical (unpaired) electrons. The van der Waals surface area contributed by atoms with E-state index in [1.165, 1.54) is 10.4 Å². The lowest BCUT2D eigenvalue weighted by molar-refractivity contribution is -0.146. The van der Waals surface area contributed by atoms with E-state index in [0.717, 1.165) is 26.1 Å². The first-order chi connectivity index (χ1) is 8.34. The zero-order chi connectivity index (χ0) is 11.7. The van der Waals surface area contributed by atoms with Crippen molar-refractivity contribution in [2.24, 2.45) is 0 Å². The minimum atomic E-state index is -0.288. The lowest BCUT2D eigenvalue weighted by Gasteiger charge is -2.32. The van der Waals surface area contributed by atoms with E-state index in [4.69, 9.17) is 4.74 Å². The fraction of sp³-hybridized carbons (Fsp3) is 0.583. The molecule has 2 aliphatic rings. The molecule has 1 amide bonds. The Bertz CT molecular complexity index is 412. The van der Waals surface area contributed by atoms with E-state index in [0.29, 0.717) is 13.2 Å². The molecule has 1 atom stereocenters. The molecule has 1 aromatic heterocycles. The summed E-state index contributed by atoms with van der Waals surface area (Å²) in [5.41, 5.74) is 1.30. The number of rotatable bonds is 1. The second kappa shape index (κ2) is 4.76. The molecule has 1 fully saturated rings. The van der Waals surface area contributed by atoms with Crippen molar-refractivity contribution in [2.75, 3.05) is 26.2 Å². The van der Waals surface area contributed by atoms with Crippen LogP contribution in [0.3, 0.4) is 0 Å².